The molecule has 6 nitrogen and oxygen atoms in total. The third kappa shape index (κ3) is 5.14. The Kier molecular flexibility index (Phi) is 6.51. The maximum atomic E-state index is 12.2. The van der Waals surface area contributed by atoms with Crippen LogP contribution in [0.4, 0.5) is 0 Å². The number of hydrogen-bond acceptors (Lipinski definition) is 4. The summed E-state index contributed by atoms with van der Waals surface area (Å²) in [6, 6.07) is 5.77. The molecule has 1 amide bonds. The van der Waals surface area contributed by atoms with Gasteiger partial charge in [0.15, 0.2) is 5.78 Å². The lowest BCUT2D eigenvalue weighted by molar-refractivity contribution is -0.130. The van der Waals surface area contributed by atoms with E-state index in [0.29, 0.717) is 5.56 Å². The lowest BCUT2D eigenvalue weighted by atomic mass is 10.2. The van der Waals surface area contributed by atoms with Gasteiger partial charge in [0, 0.05) is 31.6 Å². The van der Waals surface area contributed by atoms with E-state index >= 15 is 0 Å². The van der Waals surface area contributed by atoms with E-state index in [1.54, 1.807) is 0 Å². The number of amides is 1. The van der Waals surface area contributed by atoms with E-state index in [-0.39, 0.29) is 29.6 Å². The van der Waals surface area contributed by atoms with E-state index in [9.17, 15) is 18.0 Å². The van der Waals surface area contributed by atoms with Gasteiger partial charge in [0.2, 0.25) is 15.9 Å². The molecule has 1 aromatic rings. The lowest BCUT2D eigenvalue weighted by Gasteiger charge is -2.20. The summed E-state index contributed by atoms with van der Waals surface area (Å²) in [6.07, 6.45) is 4.48. The molecule has 1 fully saturated rings. The largest absolute Gasteiger partial charge is 0.343 e. The van der Waals surface area contributed by atoms with Gasteiger partial charge < -0.3 is 4.90 Å². The molecule has 1 heterocycles. The minimum Gasteiger partial charge on any atom is -0.343 e. The number of nitrogens with one attached hydrogen (secondary N) is 1. The first-order chi connectivity index (χ1) is 11.4. The van der Waals surface area contributed by atoms with Crippen LogP contribution >= 0.6 is 0 Å². The van der Waals surface area contributed by atoms with Gasteiger partial charge in [0.1, 0.15) is 0 Å². The molecule has 0 spiro atoms. The van der Waals surface area contributed by atoms with Gasteiger partial charge >= 0.3 is 0 Å². The number of ketones is 1. The minimum absolute atomic E-state index is 0.00784. The predicted molar refractivity (Wildman–Crippen MR) is 91.3 cm³/mol. The third-order valence-corrected chi connectivity index (χ3v) is 5.64. The molecule has 0 atom stereocenters. The predicted octanol–water partition coefficient (Wildman–Crippen LogP) is 1.96. The second-order valence-corrected chi connectivity index (χ2v) is 7.79. The molecule has 2 rings (SSSR count). The van der Waals surface area contributed by atoms with Gasteiger partial charge in [0.25, 0.3) is 0 Å². The van der Waals surface area contributed by atoms with Crippen LogP contribution in [0.3, 0.4) is 0 Å². The molecule has 1 aromatic carbocycles. The van der Waals surface area contributed by atoms with Gasteiger partial charge in [-0.25, -0.2) is 13.1 Å². The van der Waals surface area contributed by atoms with Gasteiger partial charge in [-0.15, -0.1) is 0 Å². The Labute approximate surface area is 143 Å². The van der Waals surface area contributed by atoms with Gasteiger partial charge in [-0.05, 0) is 31.9 Å². The topological polar surface area (TPSA) is 83.5 Å². The zero-order valence-electron chi connectivity index (χ0n) is 14.0. The van der Waals surface area contributed by atoms with Crippen molar-refractivity contribution < 1.29 is 18.0 Å². The molecular formula is C17H24N2O4S. The summed E-state index contributed by atoms with van der Waals surface area (Å²) in [6.45, 7) is 3.03. The summed E-state index contributed by atoms with van der Waals surface area (Å²) in [4.78, 5) is 25.3. The number of rotatable bonds is 6. The molecule has 132 valence electrons. The molecule has 0 unspecified atom stereocenters. The van der Waals surface area contributed by atoms with Crippen LogP contribution in [0.2, 0.25) is 0 Å². The maximum absolute atomic E-state index is 12.2. The second kappa shape index (κ2) is 8.39. The molecule has 24 heavy (non-hydrogen) atoms. The number of benzene rings is 1. The lowest BCUT2D eigenvalue weighted by Crippen LogP contribution is -2.35. The summed E-state index contributed by atoms with van der Waals surface area (Å²) in [7, 11) is -3.67. The van der Waals surface area contributed by atoms with Crippen molar-refractivity contribution in [3.8, 4) is 0 Å². The van der Waals surface area contributed by atoms with Crippen LogP contribution in [0.1, 0.15) is 49.4 Å². The highest BCUT2D eigenvalue weighted by molar-refractivity contribution is 7.89. The van der Waals surface area contributed by atoms with E-state index < -0.39 is 10.0 Å². The molecule has 0 aliphatic carbocycles. The van der Waals surface area contributed by atoms with Crippen molar-refractivity contribution in [2.24, 2.45) is 0 Å². The van der Waals surface area contributed by atoms with Crippen molar-refractivity contribution >= 4 is 21.7 Å². The van der Waals surface area contributed by atoms with Gasteiger partial charge in [-0.3, -0.25) is 9.59 Å². The fourth-order valence-corrected chi connectivity index (χ4v) is 3.75. The van der Waals surface area contributed by atoms with E-state index in [0.717, 1.165) is 38.8 Å². The maximum Gasteiger partial charge on any atom is 0.240 e. The minimum atomic E-state index is -3.67. The Morgan fingerprint density at radius 3 is 2.17 bits per heavy atom. The van der Waals surface area contributed by atoms with Crippen LogP contribution in [-0.2, 0) is 14.8 Å². The van der Waals surface area contributed by atoms with Crippen LogP contribution < -0.4 is 4.72 Å². The van der Waals surface area contributed by atoms with Crippen LogP contribution in [-0.4, -0.2) is 44.6 Å². The molecule has 1 aliphatic rings. The average Bonchev–Trinajstić information content (AvgIpc) is 2.84. The highest BCUT2D eigenvalue weighted by Crippen LogP contribution is 2.12. The zero-order chi connectivity index (χ0) is 17.6. The molecule has 0 bridgehead atoms. The monoisotopic (exact) mass is 352 g/mol. The Hall–Kier alpha value is -1.73. The zero-order valence-corrected chi connectivity index (χ0v) is 14.8. The quantitative estimate of drug-likeness (QED) is 0.793. The van der Waals surface area contributed by atoms with Crippen molar-refractivity contribution in [1.29, 1.82) is 0 Å². The summed E-state index contributed by atoms with van der Waals surface area (Å²) < 4.78 is 26.9. The van der Waals surface area contributed by atoms with Crippen LogP contribution in [0, 0.1) is 0 Å². The number of Topliss-reactive ketones (excluding diaryl/α,β-unsaturated/α-hetero) is 1. The summed E-state index contributed by atoms with van der Waals surface area (Å²) in [5.74, 6) is -0.124. The Morgan fingerprint density at radius 1 is 1.04 bits per heavy atom. The molecular weight excluding hydrogens is 328 g/mol. The van der Waals surface area contributed by atoms with Gasteiger partial charge in [-0.2, -0.15) is 0 Å². The first kappa shape index (κ1) is 18.6. The highest BCUT2D eigenvalue weighted by atomic mass is 32.2. The van der Waals surface area contributed by atoms with Crippen LogP contribution in [0.25, 0.3) is 0 Å². The summed E-state index contributed by atoms with van der Waals surface area (Å²) >= 11 is 0. The number of nitrogens with zero attached hydrogens (tertiary/aromatic N) is 1. The summed E-state index contributed by atoms with van der Waals surface area (Å²) in [5.41, 5.74) is 0.463. The highest BCUT2D eigenvalue weighted by Gasteiger charge is 2.18. The SMILES string of the molecule is CC(=O)c1ccc(S(=O)(=O)NCCC(=O)N2CCCCCC2)cc1. The van der Waals surface area contributed by atoms with Crippen molar-refractivity contribution in [2.45, 2.75) is 43.9 Å². The van der Waals surface area contributed by atoms with E-state index in [1.165, 1.54) is 31.2 Å². The first-order valence-corrected chi connectivity index (χ1v) is 9.77. The molecule has 0 radical (unpaired) electrons. The first-order valence-electron chi connectivity index (χ1n) is 8.28. The second-order valence-electron chi connectivity index (χ2n) is 6.02. The van der Waals surface area contributed by atoms with Crippen LogP contribution in [0.5, 0.6) is 0 Å². The Morgan fingerprint density at radius 2 is 1.62 bits per heavy atom. The third-order valence-electron chi connectivity index (χ3n) is 4.16. The molecule has 1 N–H and O–H groups in total. The molecule has 1 saturated heterocycles. The van der Waals surface area contributed by atoms with E-state index in [2.05, 4.69) is 4.72 Å². The number of carbonyl (C=O) groups excluding carboxylic acids is 2. The number of likely N-dealkylation sites (tertiary alicyclic amines) is 1. The summed E-state index contributed by atoms with van der Waals surface area (Å²) in [5, 5.41) is 0. The smallest absolute Gasteiger partial charge is 0.240 e. The van der Waals surface area contributed by atoms with E-state index in [1.807, 2.05) is 4.90 Å². The fraction of sp³-hybridized carbons (Fsp3) is 0.529. The van der Waals surface area contributed by atoms with Crippen molar-refractivity contribution in [3.63, 3.8) is 0 Å². The molecule has 0 saturated carbocycles. The number of carbonyl (C=O) groups is 2. The van der Waals surface area contributed by atoms with E-state index in [4.69, 9.17) is 0 Å². The Bertz CT molecular complexity index is 675. The average molecular weight is 352 g/mol. The standard InChI is InChI=1S/C17H24N2O4S/c1-14(20)15-6-8-16(9-7-15)24(22,23)18-11-10-17(21)19-12-4-2-3-5-13-19/h6-9,18H,2-5,10-13H2,1H3. The van der Waals surface area contributed by atoms with Crippen LogP contribution in [0.15, 0.2) is 29.2 Å². The fourth-order valence-electron chi connectivity index (χ4n) is 2.72. The van der Waals surface area contributed by atoms with Gasteiger partial charge in [0.05, 0.1) is 4.90 Å². The van der Waals surface area contributed by atoms with Crippen molar-refractivity contribution in [3.05, 3.63) is 29.8 Å². The van der Waals surface area contributed by atoms with Gasteiger partial charge in [-0.1, -0.05) is 25.0 Å². The molecule has 1 aliphatic heterocycles. The Balaban J connectivity index is 1.87. The molecule has 0 aromatic heterocycles. The normalized spacial score (nSPS) is 15.8. The number of sulfonamides is 1. The number of hydrogen-bond donors (Lipinski definition) is 1. The van der Waals surface area contributed by atoms with Crippen molar-refractivity contribution in [1.82, 2.24) is 9.62 Å². The van der Waals surface area contributed by atoms with Crippen molar-refractivity contribution in [2.75, 3.05) is 19.6 Å². The molecule has 7 heteroatoms.